The molecule has 4 aliphatic carbocycles. The summed E-state index contributed by atoms with van der Waals surface area (Å²) in [6, 6.07) is 0. The molecule has 5 rings (SSSR count). The zero-order valence-corrected chi connectivity index (χ0v) is 11.4. The van der Waals surface area contributed by atoms with Crippen LogP contribution in [0, 0.1) is 17.8 Å². The Kier molecular flexibility index (Phi) is 2.45. The van der Waals surface area contributed by atoms with Crippen molar-refractivity contribution < 1.29 is 0 Å². The minimum absolute atomic E-state index is 0.319. The molecule has 4 fully saturated rings. The van der Waals surface area contributed by atoms with Gasteiger partial charge in [0.05, 0.1) is 5.88 Å². The van der Waals surface area contributed by atoms with E-state index in [9.17, 15) is 0 Å². The molecule has 1 aromatic rings. The monoisotopic (exact) mass is 262 g/mol. The molecule has 18 heavy (non-hydrogen) atoms. The van der Waals surface area contributed by atoms with E-state index in [0.29, 0.717) is 11.3 Å². The molecule has 4 bridgehead atoms. The minimum atomic E-state index is 0.319. The molecule has 0 unspecified atom stereocenters. The number of rotatable bonds is 2. The van der Waals surface area contributed by atoms with Gasteiger partial charge in [-0.05, 0) is 56.3 Å². The van der Waals surface area contributed by atoms with Gasteiger partial charge in [0.1, 0.15) is 5.82 Å². The topological polar surface area (TPSA) is 25.8 Å². The average molecular weight is 263 g/mol. The van der Waals surface area contributed by atoms with Gasteiger partial charge in [0.15, 0.2) is 0 Å². The van der Waals surface area contributed by atoms with Crippen LogP contribution in [0.4, 0.5) is 0 Å². The van der Waals surface area contributed by atoms with Crippen molar-refractivity contribution in [2.75, 3.05) is 0 Å². The van der Waals surface area contributed by atoms with Crippen LogP contribution < -0.4 is 0 Å². The van der Waals surface area contributed by atoms with Crippen molar-refractivity contribution in [3.63, 3.8) is 0 Å². The Morgan fingerprint density at radius 2 is 1.50 bits per heavy atom. The van der Waals surface area contributed by atoms with E-state index in [1.807, 2.05) is 12.4 Å². The van der Waals surface area contributed by atoms with Crippen molar-refractivity contribution in [3.05, 3.63) is 23.8 Å². The van der Waals surface area contributed by atoms with Crippen LogP contribution in [-0.4, -0.2) is 9.97 Å². The first kappa shape index (κ1) is 11.2. The summed E-state index contributed by atoms with van der Waals surface area (Å²) in [5, 5.41) is 0. The highest BCUT2D eigenvalue weighted by molar-refractivity contribution is 6.17. The molecular weight excluding hydrogens is 244 g/mol. The molecule has 0 saturated heterocycles. The maximum atomic E-state index is 5.82. The fraction of sp³-hybridized carbons (Fsp3) is 0.733. The molecular formula is C15H19ClN2. The second-order valence-corrected chi connectivity index (χ2v) is 7.01. The van der Waals surface area contributed by atoms with Gasteiger partial charge >= 0.3 is 0 Å². The van der Waals surface area contributed by atoms with Crippen molar-refractivity contribution in [1.82, 2.24) is 9.97 Å². The van der Waals surface area contributed by atoms with Crippen LogP contribution in [0.15, 0.2) is 12.4 Å². The molecule has 0 amide bonds. The second-order valence-electron chi connectivity index (χ2n) is 6.75. The van der Waals surface area contributed by atoms with E-state index in [1.54, 1.807) is 0 Å². The van der Waals surface area contributed by atoms with Gasteiger partial charge in [-0.25, -0.2) is 9.97 Å². The number of nitrogens with zero attached hydrogens (tertiary/aromatic N) is 2. The summed E-state index contributed by atoms with van der Waals surface area (Å²) in [5.41, 5.74) is 1.35. The van der Waals surface area contributed by atoms with Crippen LogP contribution in [0.25, 0.3) is 0 Å². The number of aromatic nitrogens is 2. The van der Waals surface area contributed by atoms with Crippen molar-refractivity contribution in [1.29, 1.82) is 0 Å². The largest absolute Gasteiger partial charge is 0.240 e. The summed E-state index contributed by atoms with van der Waals surface area (Å²) < 4.78 is 0. The first-order valence-electron chi connectivity index (χ1n) is 7.15. The Morgan fingerprint density at radius 3 is 1.94 bits per heavy atom. The van der Waals surface area contributed by atoms with Gasteiger partial charge in [0.25, 0.3) is 0 Å². The van der Waals surface area contributed by atoms with E-state index in [4.69, 9.17) is 11.6 Å². The summed E-state index contributed by atoms with van der Waals surface area (Å²) in [5.74, 6) is 4.48. The number of alkyl halides is 1. The van der Waals surface area contributed by atoms with Crippen LogP contribution in [0.5, 0.6) is 0 Å². The third-order valence-corrected chi connectivity index (χ3v) is 5.68. The Hall–Kier alpha value is -0.630. The van der Waals surface area contributed by atoms with Gasteiger partial charge in [-0.3, -0.25) is 0 Å². The van der Waals surface area contributed by atoms with E-state index in [2.05, 4.69) is 9.97 Å². The predicted molar refractivity (Wildman–Crippen MR) is 71.4 cm³/mol. The maximum absolute atomic E-state index is 5.82. The van der Waals surface area contributed by atoms with E-state index in [0.717, 1.165) is 29.1 Å². The molecule has 3 heteroatoms. The summed E-state index contributed by atoms with van der Waals surface area (Å²) in [6.45, 7) is 0. The van der Waals surface area contributed by atoms with Crippen molar-refractivity contribution in [3.8, 4) is 0 Å². The smallest absolute Gasteiger partial charge is 0.134 e. The van der Waals surface area contributed by atoms with Crippen LogP contribution in [0.3, 0.4) is 0 Å². The Morgan fingerprint density at radius 1 is 1.00 bits per heavy atom. The first-order chi connectivity index (χ1) is 8.77. The number of hydrogen-bond donors (Lipinski definition) is 0. The molecule has 1 aromatic heterocycles. The van der Waals surface area contributed by atoms with Gasteiger partial charge in [-0.15, -0.1) is 11.6 Å². The molecule has 0 spiro atoms. The van der Waals surface area contributed by atoms with E-state index in [-0.39, 0.29) is 0 Å². The lowest BCUT2D eigenvalue weighted by Crippen LogP contribution is -2.49. The highest BCUT2D eigenvalue weighted by Gasteiger charge is 2.52. The fourth-order valence-electron chi connectivity index (χ4n) is 5.08. The first-order valence-corrected chi connectivity index (χ1v) is 7.68. The third-order valence-electron chi connectivity index (χ3n) is 5.37. The minimum Gasteiger partial charge on any atom is -0.240 e. The molecule has 0 aromatic carbocycles. The van der Waals surface area contributed by atoms with Gasteiger partial charge in [-0.2, -0.15) is 0 Å². The molecule has 96 valence electrons. The van der Waals surface area contributed by atoms with Gasteiger partial charge in [-0.1, -0.05) is 0 Å². The fourth-order valence-corrected chi connectivity index (χ4v) is 5.22. The zero-order valence-electron chi connectivity index (χ0n) is 10.6. The quantitative estimate of drug-likeness (QED) is 0.760. The van der Waals surface area contributed by atoms with E-state index >= 15 is 0 Å². The maximum Gasteiger partial charge on any atom is 0.134 e. The normalized spacial score (nSPS) is 41.3. The van der Waals surface area contributed by atoms with Crippen molar-refractivity contribution in [2.24, 2.45) is 17.8 Å². The third kappa shape index (κ3) is 1.61. The van der Waals surface area contributed by atoms with Gasteiger partial charge in [0, 0.05) is 23.4 Å². The molecule has 0 N–H and O–H groups in total. The molecule has 0 radical (unpaired) electrons. The average Bonchev–Trinajstić information content (AvgIpc) is 2.37. The van der Waals surface area contributed by atoms with Crippen LogP contribution >= 0.6 is 11.6 Å². The predicted octanol–water partition coefficient (Wildman–Crippen LogP) is 3.68. The van der Waals surface area contributed by atoms with Crippen LogP contribution in [0.2, 0.25) is 0 Å². The summed E-state index contributed by atoms with van der Waals surface area (Å²) in [7, 11) is 0. The lowest BCUT2D eigenvalue weighted by atomic mass is 9.49. The van der Waals surface area contributed by atoms with Crippen LogP contribution in [-0.2, 0) is 11.3 Å². The van der Waals surface area contributed by atoms with Crippen molar-refractivity contribution >= 4 is 11.6 Å². The molecule has 4 saturated carbocycles. The second kappa shape index (κ2) is 3.93. The summed E-state index contributed by atoms with van der Waals surface area (Å²) in [6.07, 6.45) is 12.3. The Bertz CT molecular complexity index is 419. The van der Waals surface area contributed by atoms with Crippen molar-refractivity contribution in [2.45, 2.75) is 49.8 Å². The zero-order chi connectivity index (χ0) is 12.2. The molecule has 2 nitrogen and oxygen atoms in total. The summed E-state index contributed by atoms with van der Waals surface area (Å²) in [4.78, 5) is 9.29. The molecule has 0 atom stereocenters. The SMILES string of the molecule is ClCc1cnc(C23CC4CC(CC(C4)C2)C3)nc1. The lowest BCUT2D eigenvalue weighted by Gasteiger charge is -2.55. The van der Waals surface area contributed by atoms with E-state index < -0.39 is 0 Å². The van der Waals surface area contributed by atoms with E-state index in [1.165, 1.54) is 38.5 Å². The Balaban J connectivity index is 1.70. The number of halogens is 1. The van der Waals surface area contributed by atoms with Gasteiger partial charge in [0.2, 0.25) is 0 Å². The highest BCUT2D eigenvalue weighted by Crippen LogP contribution is 2.59. The summed E-state index contributed by atoms with van der Waals surface area (Å²) >= 11 is 5.82. The lowest BCUT2D eigenvalue weighted by molar-refractivity contribution is -0.00942. The van der Waals surface area contributed by atoms with Gasteiger partial charge < -0.3 is 0 Å². The van der Waals surface area contributed by atoms with Crippen LogP contribution in [0.1, 0.15) is 49.9 Å². The standard InChI is InChI=1S/C15H19ClN2/c16-7-13-8-17-14(18-9-13)15-4-10-1-11(5-15)3-12(2-10)6-15/h8-12H,1-7H2. The number of hydrogen-bond acceptors (Lipinski definition) is 2. The Labute approximate surface area is 113 Å². The molecule has 4 aliphatic rings. The molecule has 1 heterocycles. The molecule has 0 aliphatic heterocycles. The highest BCUT2D eigenvalue weighted by atomic mass is 35.5.